The van der Waals surface area contributed by atoms with Crippen LogP contribution in [0.5, 0.6) is 0 Å². The topological polar surface area (TPSA) is 111 Å². The Hall–Kier alpha value is -2.20. The van der Waals surface area contributed by atoms with Crippen LogP contribution in [-0.2, 0) is 6.54 Å². The number of hydrogen-bond acceptors (Lipinski definition) is 5. The number of likely N-dealkylation sites (tertiary alicyclic amines) is 1. The molecule has 0 atom stereocenters. The van der Waals surface area contributed by atoms with Crippen LogP contribution in [0.2, 0.25) is 0 Å². The highest BCUT2D eigenvalue weighted by atomic mass is 32.2. The molecule has 182 valence electrons. The summed E-state index contributed by atoms with van der Waals surface area (Å²) in [6, 6.07) is 16.6. The molecule has 1 saturated heterocycles. The van der Waals surface area contributed by atoms with Crippen LogP contribution in [0, 0.1) is 0 Å². The highest BCUT2D eigenvalue weighted by molar-refractivity contribution is 8.01. The molecule has 1 heterocycles. The second kappa shape index (κ2) is 14.8. The number of nitrogens with one attached hydrogen (secondary N) is 2. The van der Waals surface area contributed by atoms with Crippen LogP contribution in [0.25, 0.3) is 6.08 Å². The maximum Gasteiger partial charge on any atom is 0.0901 e. The molecule has 2 aromatic rings. The van der Waals surface area contributed by atoms with Gasteiger partial charge in [-0.25, -0.2) is 0 Å². The van der Waals surface area contributed by atoms with Gasteiger partial charge in [0.2, 0.25) is 0 Å². The standard InChI is InChI=1S/C25H31N3OS2.2H2O.H2/c1-19(27-25(30)18-31-23-8-4-3-5-9-23)22(17-29)15-21-11-10-20(14-24(21)26-2)16-28-12-6-7-13-28;;;/h3-5,8-11,14-15,26,29H,1,6-7,12-13,16-18H2,2H3,(H,27,30);2*1H2;1H/b22-15+;;;. The SMILES string of the molecule is C=C(NC(=S)CSc1ccccc1)/C(=C/c1ccc(CN2CCCC2)cc1NC)CO.O.O.[HH]. The van der Waals surface area contributed by atoms with Gasteiger partial charge in [0.15, 0.2) is 0 Å². The van der Waals surface area contributed by atoms with E-state index in [-0.39, 0.29) is 19.0 Å². The molecule has 1 fully saturated rings. The number of aliphatic hydroxyl groups is 1. The van der Waals surface area contributed by atoms with Crippen molar-refractivity contribution in [1.82, 2.24) is 10.2 Å². The van der Waals surface area contributed by atoms with Crippen LogP contribution < -0.4 is 10.6 Å². The zero-order chi connectivity index (χ0) is 22.1. The second-order valence-electron chi connectivity index (χ2n) is 7.61. The first-order chi connectivity index (χ1) is 15.1. The van der Waals surface area contributed by atoms with Gasteiger partial charge < -0.3 is 26.7 Å². The van der Waals surface area contributed by atoms with Gasteiger partial charge >= 0.3 is 0 Å². The molecule has 1 aliphatic heterocycles. The average Bonchev–Trinajstić information content (AvgIpc) is 3.30. The van der Waals surface area contributed by atoms with E-state index in [9.17, 15) is 5.11 Å². The molecular formula is C25H37N3O3S2. The van der Waals surface area contributed by atoms with Crippen molar-refractivity contribution in [1.29, 1.82) is 0 Å². The molecule has 1 aliphatic rings. The molecule has 0 amide bonds. The minimum Gasteiger partial charge on any atom is -0.412 e. The Morgan fingerprint density at radius 3 is 2.52 bits per heavy atom. The Balaban J connectivity index is 0.00000363. The summed E-state index contributed by atoms with van der Waals surface area (Å²) in [6.07, 6.45) is 4.55. The van der Waals surface area contributed by atoms with Gasteiger partial charge in [-0.1, -0.05) is 49.1 Å². The number of hydrogen-bond donors (Lipinski definition) is 3. The van der Waals surface area contributed by atoms with Gasteiger partial charge in [-0.05, 0) is 61.3 Å². The fraction of sp³-hybridized carbons (Fsp3) is 0.320. The van der Waals surface area contributed by atoms with E-state index in [0.717, 1.165) is 23.4 Å². The number of nitrogens with zero attached hydrogens (tertiary/aromatic N) is 1. The molecule has 0 bridgehead atoms. The Bertz CT molecular complexity index is 936. The summed E-state index contributed by atoms with van der Waals surface area (Å²) in [6.45, 7) is 7.32. The maximum absolute atomic E-state index is 9.94. The molecule has 0 unspecified atom stereocenters. The Kier molecular flexibility index (Phi) is 13.0. The maximum atomic E-state index is 9.94. The van der Waals surface area contributed by atoms with Crippen molar-refractivity contribution in [3.63, 3.8) is 0 Å². The Morgan fingerprint density at radius 2 is 1.88 bits per heavy atom. The van der Waals surface area contributed by atoms with E-state index < -0.39 is 0 Å². The quantitative estimate of drug-likeness (QED) is 0.266. The molecule has 3 rings (SSSR count). The molecule has 0 aliphatic carbocycles. The van der Waals surface area contributed by atoms with Gasteiger partial charge in [-0.2, -0.15) is 0 Å². The van der Waals surface area contributed by atoms with Crippen molar-refractivity contribution < 1.29 is 17.5 Å². The fourth-order valence-electron chi connectivity index (χ4n) is 3.61. The molecule has 7 N–H and O–H groups in total. The normalized spacial score (nSPS) is 13.6. The van der Waals surface area contributed by atoms with E-state index in [1.165, 1.54) is 36.4 Å². The third kappa shape index (κ3) is 8.92. The van der Waals surface area contributed by atoms with Crippen molar-refractivity contribution in [2.45, 2.75) is 24.3 Å². The number of thiocarbonyl (C=S) groups is 1. The Labute approximate surface area is 207 Å². The third-order valence-corrected chi connectivity index (χ3v) is 6.75. The van der Waals surface area contributed by atoms with E-state index >= 15 is 0 Å². The first kappa shape index (κ1) is 28.8. The third-order valence-electron chi connectivity index (χ3n) is 5.28. The van der Waals surface area contributed by atoms with Crippen molar-refractivity contribution in [3.05, 3.63) is 77.5 Å². The zero-order valence-electron chi connectivity index (χ0n) is 19.1. The van der Waals surface area contributed by atoms with Crippen LogP contribution >= 0.6 is 24.0 Å². The Morgan fingerprint density at radius 1 is 1.18 bits per heavy atom. The van der Waals surface area contributed by atoms with E-state index in [4.69, 9.17) is 12.2 Å². The molecule has 2 aromatic carbocycles. The summed E-state index contributed by atoms with van der Waals surface area (Å²) in [5, 5.41) is 16.4. The van der Waals surface area contributed by atoms with Crippen LogP contribution in [0.3, 0.4) is 0 Å². The molecule has 8 heteroatoms. The lowest BCUT2D eigenvalue weighted by Gasteiger charge is -2.17. The summed E-state index contributed by atoms with van der Waals surface area (Å²) in [4.78, 5) is 4.35. The number of anilines is 1. The van der Waals surface area contributed by atoms with Gasteiger partial charge in [0, 0.05) is 42.6 Å². The van der Waals surface area contributed by atoms with Crippen molar-refractivity contribution in [2.75, 3.05) is 37.8 Å². The lowest BCUT2D eigenvalue weighted by Crippen LogP contribution is -2.24. The molecule has 0 aromatic heterocycles. The minimum absolute atomic E-state index is 0. The fourth-order valence-corrected chi connectivity index (χ4v) is 4.63. The van der Waals surface area contributed by atoms with E-state index in [2.05, 4.69) is 52.4 Å². The van der Waals surface area contributed by atoms with E-state index in [0.29, 0.717) is 16.4 Å². The molecular weight excluding hydrogens is 454 g/mol. The second-order valence-corrected chi connectivity index (χ2v) is 9.15. The van der Waals surface area contributed by atoms with Crippen molar-refractivity contribution in [2.24, 2.45) is 0 Å². The van der Waals surface area contributed by atoms with Crippen LogP contribution in [-0.4, -0.2) is 58.4 Å². The first-order valence-corrected chi connectivity index (χ1v) is 12.0. The highest BCUT2D eigenvalue weighted by Crippen LogP contribution is 2.24. The van der Waals surface area contributed by atoms with Gasteiger partial charge in [0.25, 0.3) is 0 Å². The summed E-state index contributed by atoms with van der Waals surface area (Å²) in [7, 11) is 1.92. The molecule has 0 spiro atoms. The van der Waals surface area contributed by atoms with E-state index in [1.54, 1.807) is 11.8 Å². The monoisotopic (exact) mass is 491 g/mol. The predicted octanol–water partition coefficient (Wildman–Crippen LogP) is 3.52. The zero-order valence-corrected chi connectivity index (χ0v) is 20.7. The number of rotatable bonds is 10. The smallest absolute Gasteiger partial charge is 0.0901 e. The van der Waals surface area contributed by atoms with Gasteiger partial charge in [0.05, 0.1) is 11.6 Å². The van der Waals surface area contributed by atoms with Crippen LogP contribution in [0.15, 0.2) is 71.3 Å². The van der Waals surface area contributed by atoms with Gasteiger partial charge in [0.1, 0.15) is 0 Å². The molecule has 0 radical (unpaired) electrons. The van der Waals surface area contributed by atoms with Crippen LogP contribution in [0.4, 0.5) is 5.69 Å². The number of benzene rings is 2. The highest BCUT2D eigenvalue weighted by Gasteiger charge is 2.13. The molecule has 6 nitrogen and oxygen atoms in total. The summed E-state index contributed by atoms with van der Waals surface area (Å²) >= 11 is 7.15. The summed E-state index contributed by atoms with van der Waals surface area (Å²) < 4.78 is 0. The van der Waals surface area contributed by atoms with Gasteiger partial charge in [-0.15, -0.1) is 11.8 Å². The summed E-state index contributed by atoms with van der Waals surface area (Å²) in [5.41, 5.74) is 4.70. The summed E-state index contributed by atoms with van der Waals surface area (Å²) in [5.74, 6) is 0.657. The minimum atomic E-state index is -0.112. The lowest BCUT2D eigenvalue weighted by molar-refractivity contribution is 0.331. The van der Waals surface area contributed by atoms with Crippen molar-refractivity contribution in [3.8, 4) is 0 Å². The lowest BCUT2D eigenvalue weighted by atomic mass is 10.0. The number of thioether (sulfide) groups is 1. The number of aliphatic hydroxyl groups excluding tert-OH is 1. The van der Waals surface area contributed by atoms with Crippen molar-refractivity contribution >= 4 is 40.7 Å². The molecule has 33 heavy (non-hydrogen) atoms. The van der Waals surface area contributed by atoms with E-state index in [1.807, 2.05) is 31.3 Å². The largest absolute Gasteiger partial charge is 0.412 e. The van der Waals surface area contributed by atoms with Gasteiger partial charge in [-0.3, -0.25) is 4.90 Å². The van der Waals surface area contributed by atoms with Crippen LogP contribution in [0.1, 0.15) is 25.4 Å². The predicted molar refractivity (Wildman–Crippen MR) is 147 cm³/mol. The molecule has 0 saturated carbocycles. The first-order valence-electron chi connectivity index (χ1n) is 10.6. The average molecular weight is 492 g/mol.